The molecule has 4 nitrogen and oxygen atoms in total. The summed E-state index contributed by atoms with van der Waals surface area (Å²) < 4.78 is 5.22. The van der Waals surface area contributed by atoms with Gasteiger partial charge >= 0.3 is 5.97 Å². The summed E-state index contributed by atoms with van der Waals surface area (Å²) in [7, 11) is 0. The van der Waals surface area contributed by atoms with Gasteiger partial charge in [-0.1, -0.05) is 19.4 Å². The molecular weight excluding hydrogens is 310 g/mol. The van der Waals surface area contributed by atoms with Gasteiger partial charge < -0.3 is 10.1 Å². The molecule has 0 aromatic carbocycles. The van der Waals surface area contributed by atoms with Gasteiger partial charge in [0.25, 0.3) is 5.91 Å². The molecule has 1 aromatic rings. The first-order chi connectivity index (χ1) is 11.0. The fourth-order valence-corrected chi connectivity index (χ4v) is 4.19. The fourth-order valence-electron chi connectivity index (χ4n) is 2.84. The van der Waals surface area contributed by atoms with Gasteiger partial charge in [-0.2, -0.15) is 0 Å². The van der Waals surface area contributed by atoms with Crippen LogP contribution in [-0.4, -0.2) is 18.5 Å². The van der Waals surface area contributed by atoms with E-state index < -0.39 is 0 Å². The molecule has 0 radical (unpaired) electrons. The van der Waals surface area contributed by atoms with Crippen molar-refractivity contribution in [2.75, 3.05) is 11.9 Å². The molecule has 5 heteroatoms. The number of thiophene rings is 1. The molecule has 0 saturated carbocycles. The Morgan fingerprint density at radius 2 is 2.13 bits per heavy atom. The van der Waals surface area contributed by atoms with Crippen molar-refractivity contribution in [3.05, 3.63) is 27.7 Å². The molecule has 0 bridgehead atoms. The first-order valence-electron chi connectivity index (χ1n) is 8.27. The van der Waals surface area contributed by atoms with Crippen LogP contribution in [0.3, 0.4) is 0 Å². The first kappa shape index (κ1) is 17.7. The zero-order chi connectivity index (χ0) is 17.0. The molecule has 1 aliphatic rings. The van der Waals surface area contributed by atoms with Crippen LogP contribution in [0.4, 0.5) is 5.00 Å². The lowest BCUT2D eigenvalue weighted by atomic mass is 9.85. The van der Waals surface area contributed by atoms with E-state index >= 15 is 0 Å². The normalized spacial score (nSPS) is 17.6. The van der Waals surface area contributed by atoms with Gasteiger partial charge in [-0.3, -0.25) is 4.79 Å². The highest BCUT2D eigenvalue weighted by Gasteiger charge is 2.29. The number of esters is 1. The highest BCUT2D eigenvalue weighted by atomic mass is 32.1. The van der Waals surface area contributed by atoms with Gasteiger partial charge in [0.15, 0.2) is 0 Å². The van der Waals surface area contributed by atoms with Crippen molar-refractivity contribution < 1.29 is 14.3 Å². The summed E-state index contributed by atoms with van der Waals surface area (Å²) in [4.78, 5) is 25.8. The van der Waals surface area contributed by atoms with Crippen LogP contribution in [0.1, 0.15) is 61.3 Å². The molecule has 126 valence electrons. The summed E-state index contributed by atoms with van der Waals surface area (Å²) in [6.45, 7) is 7.93. The smallest absolute Gasteiger partial charge is 0.341 e. The number of fused-ring (bicyclic) bond motifs is 1. The van der Waals surface area contributed by atoms with Crippen LogP contribution in [0.25, 0.3) is 0 Å². The molecule has 0 spiro atoms. The third-order valence-corrected chi connectivity index (χ3v) is 5.61. The molecule has 0 aliphatic heterocycles. The van der Waals surface area contributed by atoms with Gasteiger partial charge in [0.2, 0.25) is 0 Å². The Morgan fingerprint density at radius 3 is 2.74 bits per heavy atom. The Kier molecular flexibility index (Phi) is 5.99. The van der Waals surface area contributed by atoms with Crippen LogP contribution >= 0.6 is 11.3 Å². The van der Waals surface area contributed by atoms with Crippen molar-refractivity contribution in [2.24, 2.45) is 5.92 Å². The number of carbonyl (C=O) groups is 2. The molecule has 1 aromatic heterocycles. The number of rotatable bonds is 5. The SMILES string of the molecule is C/C=C(\C)C(=O)Nc1sc2c(c1C(=O)OCC)CCC(CC)C2. The number of amides is 1. The summed E-state index contributed by atoms with van der Waals surface area (Å²) in [5, 5.41) is 3.54. The minimum Gasteiger partial charge on any atom is -0.462 e. The highest BCUT2D eigenvalue weighted by Crippen LogP contribution is 2.40. The molecule has 2 rings (SSSR count). The van der Waals surface area contributed by atoms with Crippen LogP contribution in [0, 0.1) is 5.92 Å². The topological polar surface area (TPSA) is 55.4 Å². The predicted molar refractivity (Wildman–Crippen MR) is 94.1 cm³/mol. The molecule has 1 aliphatic carbocycles. The zero-order valence-corrected chi connectivity index (χ0v) is 15.1. The maximum atomic E-state index is 12.4. The van der Waals surface area contributed by atoms with Crippen molar-refractivity contribution in [1.29, 1.82) is 0 Å². The van der Waals surface area contributed by atoms with Crippen LogP contribution in [0.2, 0.25) is 0 Å². The predicted octanol–water partition coefficient (Wildman–Crippen LogP) is 4.34. The Bertz CT molecular complexity index is 630. The molecule has 1 heterocycles. The van der Waals surface area contributed by atoms with Crippen molar-refractivity contribution >= 4 is 28.2 Å². The van der Waals surface area contributed by atoms with Gasteiger partial charge in [0.1, 0.15) is 5.00 Å². The molecular formula is C18H25NO3S. The minimum atomic E-state index is -0.326. The van der Waals surface area contributed by atoms with Crippen LogP contribution in [0.5, 0.6) is 0 Å². The van der Waals surface area contributed by atoms with Crippen LogP contribution in [-0.2, 0) is 22.4 Å². The minimum absolute atomic E-state index is 0.163. The average Bonchev–Trinajstić information content (AvgIpc) is 2.90. The lowest BCUT2D eigenvalue weighted by Gasteiger charge is -2.20. The largest absolute Gasteiger partial charge is 0.462 e. The molecule has 1 amide bonds. The molecule has 1 N–H and O–H groups in total. The van der Waals surface area contributed by atoms with Crippen LogP contribution in [0.15, 0.2) is 11.6 Å². The molecule has 23 heavy (non-hydrogen) atoms. The Morgan fingerprint density at radius 1 is 1.39 bits per heavy atom. The van der Waals surface area contributed by atoms with Gasteiger partial charge in [0.05, 0.1) is 12.2 Å². The number of hydrogen-bond acceptors (Lipinski definition) is 4. The summed E-state index contributed by atoms with van der Waals surface area (Å²) in [6, 6.07) is 0. The van der Waals surface area contributed by atoms with Gasteiger partial charge in [-0.15, -0.1) is 11.3 Å². The number of allylic oxidation sites excluding steroid dienone is 1. The van der Waals surface area contributed by atoms with Gasteiger partial charge in [-0.05, 0) is 51.5 Å². The zero-order valence-electron chi connectivity index (χ0n) is 14.3. The number of hydrogen-bond donors (Lipinski definition) is 1. The van der Waals surface area contributed by atoms with E-state index in [0.717, 1.165) is 31.2 Å². The Hall–Kier alpha value is -1.62. The number of anilines is 1. The molecule has 0 fully saturated rings. The number of nitrogens with one attached hydrogen (secondary N) is 1. The standard InChI is InChI=1S/C18H25NO3S/c1-5-11(4)16(20)19-17-15(18(21)22-7-3)13-9-8-12(6-2)10-14(13)23-17/h5,12H,6-10H2,1-4H3,(H,19,20)/b11-5+. The molecule has 0 saturated heterocycles. The Balaban J connectivity index is 2.38. The van der Waals surface area contributed by atoms with E-state index in [-0.39, 0.29) is 11.9 Å². The number of carbonyl (C=O) groups excluding carboxylic acids is 2. The van der Waals surface area contributed by atoms with E-state index in [0.29, 0.717) is 28.7 Å². The van der Waals surface area contributed by atoms with Gasteiger partial charge in [-0.25, -0.2) is 4.79 Å². The lowest BCUT2D eigenvalue weighted by molar-refractivity contribution is -0.112. The van der Waals surface area contributed by atoms with E-state index in [1.165, 1.54) is 16.2 Å². The quantitative estimate of drug-likeness (QED) is 0.643. The number of ether oxygens (including phenoxy) is 1. The maximum Gasteiger partial charge on any atom is 0.341 e. The highest BCUT2D eigenvalue weighted by molar-refractivity contribution is 7.17. The second kappa shape index (κ2) is 7.77. The van der Waals surface area contributed by atoms with E-state index in [1.54, 1.807) is 19.9 Å². The molecule has 1 unspecified atom stereocenters. The average molecular weight is 335 g/mol. The van der Waals surface area contributed by atoms with Crippen LogP contribution < -0.4 is 5.32 Å². The van der Waals surface area contributed by atoms with E-state index in [9.17, 15) is 9.59 Å². The third kappa shape index (κ3) is 3.83. The fraction of sp³-hybridized carbons (Fsp3) is 0.556. The van der Waals surface area contributed by atoms with Crippen molar-refractivity contribution in [2.45, 2.75) is 53.4 Å². The first-order valence-corrected chi connectivity index (χ1v) is 9.09. The monoisotopic (exact) mass is 335 g/mol. The maximum absolute atomic E-state index is 12.4. The van der Waals surface area contributed by atoms with E-state index in [4.69, 9.17) is 4.74 Å². The lowest BCUT2D eigenvalue weighted by Crippen LogP contribution is -2.17. The molecule has 1 atom stereocenters. The summed E-state index contributed by atoms with van der Waals surface area (Å²) >= 11 is 1.53. The summed E-state index contributed by atoms with van der Waals surface area (Å²) in [5.74, 6) is 0.175. The van der Waals surface area contributed by atoms with Crippen molar-refractivity contribution in [3.63, 3.8) is 0 Å². The van der Waals surface area contributed by atoms with Crippen molar-refractivity contribution in [3.8, 4) is 0 Å². The van der Waals surface area contributed by atoms with E-state index in [1.807, 2.05) is 6.92 Å². The summed E-state index contributed by atoms with van der Waals surface area (Å²) in [5.41, 5.74) is 2.28. The second-order valence-electron chi connectivity index (χ2n) is 5.87. The Labute approximate surface area is 141 Å². The third-order valence-electron chi connectivity index (χ3n) is 4.44. The van der Waals surface area contributed by atoms with E-state index in [2.05, 4.69) is 12.2 Å². The summed E-state index contributed by atoms with van der Waals surface area (Å²) in [6.07, 6.45) is 5.87. The van der Waals surface area contributed by atoms with Crippen molar-refractivity contribution in [1.82, 2.24) is 0 Å². The van der Waals surface area contributed by atoms with Gasteiger partial charge in [0, 0.05) is 10.5 Å². The second-order valence-corrected chi connectivity index (χ2v) is 6.98.